The minimum atomic E-state index is 1.09. The van der Waals surface area contributed by atoms with Crippen molar-refractivity contribution in [2.75, 3.05) is 0 Å². The zero-order valence-corrected chi connectivity index (χ0v) is 20.3. The molecule has 0 aliphatic carbocycles. The van der Waals surface area contributed by atoms with Crippen LogP contribution < -0.4 is 0 Å². The van der Waals surface area contributed by atoms with Crippen LogP contribution in [0.3, 0.4) is 0 Å². The van der Waals surface area contributed by atoms with Crippen molar-refractivity contribution in [3.8, 4) is 0 Å². The number of thiazole rings is 2. The number of aromatic nitrogens is 2. The summed E-state index contributed by atoms with van der Waals surface area (Å²) in [4.78, 5) is 9.87. The molecule has 0 unspecified atom stereocenters. The average molecular weight is 518 g/mol. The van der Waals surface area contributed by atoms with Crippen LogP contribution in [0.5, 0.6) is 0 Å². The van der Waals surface area contributed by atoms with Gasteiger partial charge in [-0.2, -0.15) is 0 Å². The molecule has 142 valence electrons. The first-order valence-electron chi connectivity index (χ1n) is 9.71. The maximum atomic E-state index is 4.94. The van der Waals surface area contributed by atoms with Gasteiger partial charge in [0, 0.05) is 0 Å². The molecular weight excluding hydrogens is 492 g/mol. The van der Waals surface area contributed by atoms with Gasteiger partial charge in [-0.25, -0.2) is 9.97 Å². The Balaban J connectivity index is 1.84. The first-order valence-corrected chi connectivity index (χ1v) is 12.9. The minimum absolute atomic E-state index is 1.09. The highest BCUT2D eigenvalue weighted by Gasteiger charge is 2.19. The molecule has 0 fully saturated rings. The molecule has 6 heteroatoms. The molecule has 0 saturated heterocycles. The molecule has 0 aliphatic rings. The zero-order chi connectivity index (χ0) is 18.5. The number of fused-ring (bicyclic) bond motifs is 2. The fourth-order valence-corrected chi connectivity index (χ4v) is 6.96. The van der Waals surface area contributed by atoms with Gasteiger partial charge in [0.2, 0.25) is 0 Å². The van der Waals surface area contributed by atoms with Gasteiger partial charge in [-0.05, 0) is 57.5 Å². The fraction of sp³-hybridized carbons (Fsp3) is 0.600. The molecule has 0 amide bonds. The lowest BCUT2D eigenvalue weighted by Gasteiger charge is -1.98. The summed E-state index contributed by atoms with van der Waals surface area (Å²) >= 11 is 11.3. The Morgan fingerprint density at radius 3 is 1.46 bits per heavy atom. The lowest BCUT2D eigenvalue weighted by molar-refractivity contribution is 0.666. The number of hydrogen-bond acceptors (Lipinski definition) is 4. The molecule has 0 atom stereocenters. The van der Waals surface area contributed by atoms with Crippen LogP contribution in [0, 0.1) is 0 Å². The monoisotopic (exact) mass is 516 g/mol. The molecule has 0 N–H and O–H groups in total. The van der Waals surface area contributed by atoms with Crippen LogP contribution in [0.15, 0.2) is 8.95 Å². The Morgan fingerprint density at radius 1 is 0.654 bits per heavy atom. The van der Waals surface area contributed by atoms with Gasteiger partial charge in [0.05, 0.1) is 39.4 Å². The van der Waals surface area contributed by atoms with Gasteiger partial charge in [0.1, 0.15) is 0 Å². The predicted octanol–water partition coefficient (Wildman–Crippen LogP) is 8.68. The van der Waals surface area contributed by atoms with Crippen molar-refractivity contribution in [2.24, 2.45) is 0 Å². The van der Waals surface area contributed by atoms with Crippen LogP contribution in [0.2, 0.25) is 0 Å². The fourth-order valence-electron chi connectivity index (χ4n) is 3.16. The van der Waals surface area contributed by atoms with E-state index in [2.05, 4.69) is 45.7 Å². The Hall–Kier alpha value is -0.0400. The Labute approximate surface area is 181 Å². The summed E-state index contributed by atoms with van der Waals surface area (Å²) in [6.45, 7) is 4.51. The van der Waals surface area contributed by atoms with Crippen LogP contribution in [-0.4, -0.2) is 9.97 Å². The summed E-state index contributed by atoms with van der Waals surface area (Å²) < 4.78 is 4.72. The maximum Gasteiger partial charge on any atom is 0.0984 e. The largest absolute Gasteiger partial charge is 0.240 e. The molecule has 0 bridgehead atoms. The Kier molecular flexibility index (Phi) is 7.91. The molecule has 0 aliphatic heterocycles. The van der Waals surface area contributed by atoms with Gasteiger partial charge in [0.15, 0.2) is 0 Å². The van der Waals surface area contributed by atoms with Gasteiger partial charge in [-0.1, -0.05) is 52.4 Å². The van der Waals surface area contributed by atoms with Gasteiger partial charge >= 0.3 is 0 Å². The Bertz CT molecular complexity index is 745. The summed E-state index contributed by atoms with van der Waals surface area (Å²) in [6.07, 6.45) is 12.4. The summed E-state index contributed by atoms with van der Waals surface area (Å²) in [5, 5.41) is 2.49. The van der Waals surface area contributed by atoms with Crippen LogP contribution in [0.4, 0.5) is 0 Å². The Morgan fingerprint density at radius 2 is 1.08 bits per heavy atom. The van der Waals surface area contributed by atoms with E-state index in [1.54, 1.807) is 0 Å². The topological polar surface area (TPSA) is 25.8 Å². The number of unbranched alkanes of at least 4 members (excludes halogenated alkanes) is 6. The number of rotatable bonds is 10. The first-order chi connectivity index (χ1) is 12.7. The van der Waals surface area contributed by atoms with Crippen molar-refractivity contribution in [3.05, 3.63) is 19.0 Å². The predicted molar refractivity (Wildman–Crippen MR) is 124 cm³/mol. The summed E-state index contributed by atoms with van der Waals surface area (Å²) in [7, 11) is 0. The molecule has 3 aromatic rings. The molecule has 2 aromatic heterocycles. The second-order valence-electron chi connectivity index (χ2n) is 6.82. The molecule has 0 saturated carbocycles. The summed E-state index contributed by atoms with van der Waals surface area (Å²) in [6, 6.07) is 0. The summed E-state index contributed by atoms with van der Waals surface area (Å²) in [5.74, 6) is 0. The third kappa shape index (κ3) is 4.68. The molecule has 2 heterocycles. The molecule has 26 heavy (non-hydrogen) atoms. The lowest BCUT2D eigenvalue weighted by atomic mass is 10.2. The van der Waals surface area contributed by atoms with E-state index in [4.69, 9.17) is 9.97 Å². The highest BCUT2D eigenvalue weighted by Crippen LogP contribution is 2.44. The van der Waals surface area contributed by atoms with E-state index < -0.39 is 0 Å². The molecule has 3 rings (SSSR count). The molecule has 1 aromatic carbocycles. The number of nitrogens with zero attached hydrogens (tertiary/aromatic N) is 2. The second-order valence-corrected chi connectivity index (χ2v) is 10.6. The van der Waals surface area contributed by atoms with Crippen molar-refractivity contribution in [1.29, 1.82) is 0 Å². The molecule has 0 radical (unpaired) electrons. The standard InChI is InChI=1S/C20H26Br2N2S2/c1-3-5-7-9-11-13-23-17-15(21)20-18(16(22)19(17)25-13)24-14(26-20)12-10-8-6-4-2/h3-12H2,1-2H3. The van der Waals surface area contributed by atoms with Crippen LogP contribution in [-0.2, 0) is 12.8 Å². The van der Waals surface area contributed by atoms with E-state index in [-0.39, 0.29) is 0 Å². The van der Waals surface area contributed by atoms with Crippen molar-refractivity contribution in [3.63, 3.8) is 0 Å². The summed E-state index contributed by atoms with van der Waals surface area (Å²) in [5.41, 5.74) is 2.20. The third-order valence-corrected chi connectivity index (χ3v) is 8.98. The van der Waals surface area contributed by atoms with E-state index in [1.165, 1.54) is 70.8 Å². The number of halogens is 2. The quantitative estimate of drug-likeness (QED) is 0.251. The van der Waals surface area contributed by atoms with Crippen molar-refractivity contribution in [1.82, 2.24) is 9.97 Å². The van der Waals surface area contributed by atoms with Crippen molar-refractivity contribution in [2.45, 2.75) is 78.1 Å². The van der Waals surface area contributed by atoms with Crippen molar-refractivity contribution >= 4 is 75.0 Å². The highest BCUT2D eigenvalue weighted by molar-refractivity contribution is 9.11. The highest BCUT2D eigenvalue weighted by atomic mass is 79.9. The van der Waals surface area contributed by atoms with E-state index in [1.807, 2.05) is 22.7 Å². The van der Waals surface area contributed by atoms with Crippen LogP contribution >= 0.6 is 54.5 Å². The molecule has 2 nitrogen and oxygen atoms in total. The number of hydrogen-bond donors (Lipinski definition) is 0. The number of benzene rings is 1. The maximum absolute atomic E-state index is 4.94. The zero-order valence-electron chi connectivity index (χ0n) is 15.5. The van der Waals surface area contributed by atoms with E-state index >= 15 is 0 Å². The molecule has 0 spiro atoms. The number of aryl methyl sites for hydroxylation is 2. The lowest BCUT2D eigenvalue weighted by Crippen LogP contribution is -1.84. The van der Waals surface area contributed by atoms with Crippen LogP contribution in [0.25, 0.3) is 20.4 Å². The normalized spacial score (nSPS) is 11.8. The van der Waals surface area contributed by atoms with E-state index in [0.717, 1.165) is 32.8 Å². The third-order valence-electron chi connectivity index (χ3n) is 4.65. The van der Waals surface area contributed by atoms with Gasteiger partial charge in [-0.3, -0.25) is 0 Å². The van der Waals surface area contributed by atoms with Gasteiger partial charge in [0.25, 0.3) is 0 Å². The first kappa shape index (κ1) is 20.7. The SMILES string of the molecule is CCCCCCc1nc2c(Br)c3sc(CCCCCC)nc3c(Br)c2s1. The smallest absolute Gasteiger partial charge is 0.0984 e. The van der Waals surface area contributed by atoms with Crippen molar-refractivity contribution < 1.29 is 0 Å². The van der Waals surface area contributed by atoms with Gasteiger partial charge < -0.3 is 0 Å². The van der Waals surface area contributed by atoms with E-state index in [0.29, 0.717) is 0 Å². The second kappa shape index (κ2) is 9.94. The van der Waals surface area contributed by atoms with Gasteiger partial charge in [-0.15, -0.1) is 22.7 Å². The average Bonchev–Trinajstić information content (AvgIpc) is 3.25. The van der Waals surface area contributed by atoms with Crippen LogP contribution in [0.1, 0.15) is 75.2 Å². The van der Waals surface area contributed by atoms with E-state index in [9.17, 15) is 0 Å². The minimum Gasteiger partial charge on any atom is -0.240 e. The molecular formula is C20H26Br2N2S2.